The predicted octanol–water partition coefficient (Wildman–Crippen LogP) is -2.56. The number of aliphatic hydroxyl groups excluding tert-OH is 1. The van der Waals surface area contributed by atoms with Gasteiger partial charge in [-0.2, -0.15) is 0 Å². The molecule has 1 heterocycles. The number of aromatic nitrogens is 1. The Kier molecular flexibility index (Phi) is 6.62. The molecule has 2 rings (SSSR count). The molecule has 0 fully saturated rings. The number of carbonyl (C=O) groups excluding carboxylic acids is 2. The summed E-state index contributed by atoms with van der Waals surface area (Å²) in [5.41, 5.74) is 1.87. The summed E-state index contributed by atoms with van der Waals surface area (Å²) in [7, 11) is 3.34. The van der Waals surface area contributed by atoms with E-state index >= 15 is 0 Å². The first-order chi connectivity index (χ1) is 9.88. The molecule has 0 radical (unpaired) electrons. The SMILES string of the molecule is CN(C)C(=O)c1cc2cc(C(O)CCC(=O)[O-])ccc2[nH]1.[Na+]. The van der Waals surface area contributed by atoms with Gasteiger partial charge in [0.1, 0.15) is 5.69 Å². The molecular weight excluding hydrogens is 295 g/mol. The molecule has 22 heavy (non-hydrogen) atoms. The van der Waals surface area contributed by atoms with Gasteiger partial charge in [-0.3, -0.25) is 4.79 Å². The maximum absolute atomic E-state index is 11.9. The van der Waals surface area contributed by atoms with Crippen LogP contribution in [0, 0.1) is 0 Å². The summed E-state index contributed by atoms with van der Waals surface area (Å²) in [6.45, 7) is 0. The van der Waals surface area contributed by atoms with Crippen molar-refractivity contribution < 1.29 is 49.4 Å². The van der Waals surface area contributed by atoms with Crippen LogP contribution in [0.15, 0.2) is 24.3 Å². The van der Waals surface area contributed by atoms with Gasteiger partial charge in [0.05, 0.1) is 6.10 Å². The number of hydrogen-bond donors (Lipinski definition) is 2. The van der Waals surface area contributed by atoms with E-state index in [1.807, 2.05) is 0 Å². The second kappa shape index (κ2) is 7.78. The van der Waals surface area contributed by atoms with Gasteiger partial charge < -0.3 is 24.9 Å². The van der Waals surface area contributed by atoms with Gasteiger partial charge in [0, 0.05) is 31.0 Å². The van der Waals surface area contributed by atoms with Crippen LogP contribution in [0.4, 0.5) is 0 Å². The fraction of sp³-hybridized carbons (Fsp3) is 0.333. The number of H-pyrrole nitrogens is 1. The third-order valence-electron chi connectivity index (χ3n) is 3.29. The van der Waals surface area contributed by atoms with Crippen molar-refractivity contribution in [2.75, 3.05) is 14.1 Å². The third-order valence-corrected chi connectivity index (χ3v) is 3.29. The van der Waals surface area contributed by atoms with Crippen molar-refractivity contribution in [1.82, 2.24) is 9.88 Å². The van der Waals surface area contributed by atoms with E-state index in [9.17, 15) is 19.8 Å². The van der Waals surface area contributed by atoms with Crippen molar-refractivity contribution in [1.29, 1.82) is 0 Å². The molecule has 7 heteroatoms. The Morgan fingerprint density at radius 1 is 1.32 bits per heavy atom. The molecule has 112 valence electrons. The summed E-state index contributed by atoms with van der Waals surface area (Å²) >= 11 is 0. The summed E-state index contributed by atoms with van der Waals surface area (Å²) in [6.07, 6.45) is -0.964. The van der Waals surface area contributed by atoms with E-state index in [0.29, 0.717) is 11.3 Å². The zero-order valence-corrected chi connectivity index (χ0v) is 14.9. The standard InChI is InChI=1S/C15H18N2O4.Na/c1-17(2)15(21)12-8-10-7-9(3-4-11(10)16-12)13(18)5-6-14(19)20;/h3-4,7-8,13,16,18H,5-6H2,1-2H3,(H,19,20);/q;+1/p-1. The zero-order chi connectivity index (χ0) is 15.6. The van der Waals surface area contributed by atoms with Crippen LogP contribution in [-0.4, -0.2) is 41.0 Å². The summed E-state index contributed by atoms with van der Waals surface area (Å²) in [5, 5.41) is 21.2. The Hall–Kier alpha value is -1.34. The molecule has 2 N–H and O–H groups in total. The molecule has 1 unspecified atom stereocenters. The van der Waals surface area contributed by atoms with Crippen LogP contribution >= 0.6 is 0 Å². The minimum atomic E-state index is -1.18. The first-order valence-corrected chi connectivity index (χ1v) is 6.60. The molecule has 1 aromatic heterocycles. The predicted molar refractivity (Wildman–Crippen MR) is 75.5 cm³/mol. The average Bonchev–Trinajstić information content (AvgIpc) is 2.86. The second-order valence-corrected chi connectivity index (χ2v) is 5.16. The Labute approximate surface area is 150 Å². The quantitative estimate of drug-likeness (QED) is 0.594. The Morgan fingerprint density at radius 3 is 2.59 bits per heavy atom. The number of carbonyl (C=O) groups is 2. The van der Waals surface area contributed by atoms with E-state index in [1.165, 1.54) is 4.90 Å². The number of benzene rings is 1. The topological polar surface area (TPSA) is 96.5 Å². The molecule has 0 spiro atoms. The van der Waals surface area contributed by atoms with Gasteiger partial charge in [0.2, 0.25) is 0 Å². The molecule has 2 aromatic rings. The maximum atomic E-state index is 11.9. The normalized spacial score (nSPS) is 11.8. The molecular formula is C15H17N2NaO4. The largest absolute Gasteiger partial charge is 1.00 e. The maximum Gasteiger partial charge on any atom is 1.00 e. The van der Waals surface area contributed by atoms with E-state index in [1.54, 1.807) is 38.4 Å². The van der Waals surface area contributed by atoms with Crippen LogP contribution in [0.2, 0.25) is 0 Å². The fourth-order valence-corrected chi connectivity index (χ4v) is 2.14. The van der Waals surface area contributed by atoms with Crippen LogP contribution in [0.5, 0.6) is 0 Å². The molecule has 6 nitrogen and oxygen atoms in total. The number of carboxylic acid groups (broad SMARTS) is 1. The summed E-state index contributed by atoms with van der Waals surface area (Å²) in [5.74, 6) is -1.32. The van der Waals surface area contributed by atoms with Crippen molar-refractivity contribution in [3.8, 4) is 0 Å². The van der Waals surface area contributed by atoms with Gasteiger partial charge in [-0.1, -0.05) is 6.07 Å². The van der Waals surface area contributed by atoms with E-state index < -0.39 is 12.1 Å². The minimum Gasteiger partial charge on any atom is -0.550 e. The van der Waals surface area contributed by atoms with E-state index in [0.717, 1.165) is 10.9 Å². The Balaban J connectivity index is 0.00000242. The van der Waals surface area contributed by atoms with Crippen LogP contribution < -0.4 is 34.7 Å². The van der Waals surface area contributed by atoms with E-state index in [4.69, 9.17) is 0 Å². The number of aliphatic carboxylic acids is 1. The number of aromatic amines is 1. The molecule has 1 atom stereocenters. The van der Waals surface area contributed by atoms with Gasteiger partial charge in [0.15, 0.2) is 0 Å². The molecule has 0 aliphatic carbocycles. The van der Waals surface area contributed by atoms with Gasteiger partial charge in [-0.25, -0.2) is 0 Å². The van der Waals surface area contributed by atoms with Gasteiger partial charge in [0.25, 0.3) is 5.91 Å². The Morgan fingerprint density at radius 2 is 2.00 bits per heavy atom. The Bertz CT molecular complexity index is 681. The van der Waals surface area contributed by atoms with Crippen LogP contribution in [0.3, 0.4) is 0 Å². The molecule has 0 aliphatic rings. The first kappa shape index (κ1) is 18.7. The average molecular weight is 312 g/mol. The van der Waals surface area contributed by atoms with Crippen molar-refractivity contribution >= 4 is 22.8 Å². The number of amides is 1. The zero-order valence-electron chi connectivity index (χ0n) is 12.9. The number of rotatable bonds is 5. The smallest absolute Gasteiger partial charge is 0.550 e. The molecule has 0 saturated carbocycles. The molecule has 0 saturated heterocycles. The van der Waals surface area contributed by atoms with Crippen LogP contribution in [0.25, 0.3) is 10.9 Å². The van der Waals surface area contributed by atoms with Crippen molar-refractivity contribution in [3.05, 3.63) is 35.5 Å². The summed E-state index contributed by atoms with van der Waals surface area (Å²) < 4.78 is 0. The molecule has 0 aliphatic heterocycles. The molecule has 1 amide bonds. The summed E-state index contributed by atoms with van der Waals surface area (Å²) in [6, 6.07) is 6.94. The van der Waals surface area contributed by atoms with Gasteiger partial charge in [-0.15, -0.1) is 0 Å². The van der Waals surface area contributed by atoms with Gasteiger partial charge in [-0.05, 0) is 36.6 Å². The molecule has 1 aromatic carbocycles. The van der Waals surface area contributed by atoms with Crippen LogP contribution in [-0.2, 0) is 4.79 Å². The van der Waals surface area contributed by atoms with Crippen molar-refractivity contribution in [2.24, 2.45) is 0 Å². The fourth-order valence-electron chi connectivity index (χ4n) is 2.14. The van der Waals surface area contributed by atoms with Crippen LogP contribution in [0.1, 0.15) is 35.0 Å². The number of aliphatic hydroxyl groups is 1. The third kappa shape index (κ3) is 4.33. The van der Waals surface area contributed by atoms with E-state index in [-0.39, 0.29) is 48.3 Å². The molecule has 0 bridgehead atoms. The number of hydrogen-bond acceptors (Lipinski definition) is 4. The number of carboxylic acids is 1. The monoisotopic (exact) mass is 312 g/mol. The second-order valence-electron chi connectivity index (χ2n) is 5.16. The minimum absolute atomic E-state index is 0. The number of nitrogens with zero attached hydrogens (tertiary/aromatic N) is 1. The van der Waals surface area contributed by atoms with Crippen molar-refractivity contribution in [2.45, 2.75) is 18.9 Å². The van der Waals surface area contributed by atoms with Gasteiger partial charge >= 0.3 is 29.6 Å². The van der Waals surface area contributed by atoms with E-state index in [2.05, 4.69) is 4.98 Å². The number of fused-ring (bicyclic) bond motifs is 1. The summed E-state index contributed by atoms with van der Waals surface area (Å²) in [4.78, 5) is 26.8. The van der Waals surface area contributed by atoms with Crippen molar-refractivity contribution in [3.63, 3.8) is 0 Å². The first-order valence-electron chi connectivity index (χ1n) is 6.60. The number of nitrogens with one attached hydrogen (secondary N) is 1.